The maximum atomic E-state index is 16.1. The fourth-order valence-electron chi connectivity index (χ4n) is 7.01. The van der Waals surface area contributed by atoms with E-state index in [1.807, 2.05) is 20.8 Å². The van der Waals surface area contributed by atoms with Crippen LogP contribution in [0.15, 0.2) is 89.6 Å². The van der Waals surface area contributed by atoms with Crippen molar-refractivity contribution in [3.8, 4) is 33.6 Å². The molecule has 7 aromatic rings. The quantitative estimate of drug-likeness (QED) is 0.127. The molecule has 0 fully saturated rings. The molecule has 1 radical (unpaired) electrons. The summed E-state index contributed by atoms with van der Waals surface area (Å²) in [5, 5.41) is 0.643. The smallest absolute Gasteiger partial charge is 0.382 e. The number of aryl methyl sites for hydroxylation is 3. The number of fused-ring (bicyclic) bond motifs is 4. The summed E-state index contributed by atoms with van der Waals surface area (Å²) in [7, 11) is 0. The Morgan fingerprint density at radius 2 is 1.43 bits per heavy atom. The Balaban J connectivity index is 0.000000327. The van der Waals surface area contributed by atoms with Gasteiger partial charge in [-0.25, -0.2) is 4.98 Å². The molecule has 3 aromatic carbocycles. The van der Waals surface area contributed by atoms with E-state index in [2.05, 4.69) is 27.1 Å². The van der Waals surface area contributed by atoms with Crippen LogP contribution in [0.5, 0.6) is 0 Å². The standard InChI is InChI=1S/C33H25F8N2O.C17H20N.Ir/c1-16-13-19(15-29(3,4)5)25-26(31(36,37)33(40,41)32(38,39)30(25,34)35)24(16)18-11-12-42-23(14-18)22-8-6-7-20-21-10-9-17(2)43-28(21)44-27(20)22;1-13-5-8-15(9-6-13)16-10-7-14(12-18-16)11-17(2,3)4;/h6-7,9-14H,15H2,1-5H3;5-8,10,12H,11H2,1-4H3;/q2*-1;/i1D3,2D3,15D2;1D3,11D2;. The largest absolute Gasteiger partial charge is 0.486 e. The molecule has 0 aliphatic heterocycles. The average molecular weight is 1060 g/mol. The first-order chi connectivity index (χ1) is 33.9. The summed E-state index contributed by atoms with van der Waals surface area (Å²) in [6, 6.07) is 21.2. The first kappa shape index (κ1) is 32.6. The normalized spacial score (nSPS) is 20.3. The Kier molecular flexibility index (Phi) is 8.56. The second kappa shape index (κ2) is 16.5. The number of hydrogen-bond acceptors (Lipinski definition) is 4. The van der Waals surface area contributed by atoms with E-state index in [0.29, 0.717) is 27.6 Å². The van der Waals surface area contributed by atoms with Crippen molar-refractivity contribution in [2.45, 2.75) is 98.5 Å². The topological polar surface area (TPSA) is 51.8 Å². The number of aromatic nitrogens is 3. The number of alkyl halides is 8. The van der Waals surface area contributed by atoms with E-state index in [0.717, 1.165) is 39.1 Å². The molecule has 0 saturated heterocycles. The fourth-order valence-corrected chi connectivity index (χ4v) is 7.01. The van der Waals surface area contributed by atoms with Gasteiger partial charge in [0.2, 0.25) is 5.71 Å². The molecule has 333 valence electrons. The van der Waals surface area contributed by atoms with Crippen LogP contribution in [-0.2, 0) is 44.7 Å². The number of benzene rings is 3. The number of halogens is 8. The van der Waals surface area contributed by atoms with E-state index in [1.54, 1.807) is 24.3 Å². The molecule has 0 atom stereocenters. The molecule has 0 unspecified atom stereocenters. The van der Waals surface area contributed by atoms with Crippen molar-refractivity contribution >= 4 is 22.1 Å². The zero-order valence-electron chi connectivity index (χ0n) is 47.2. The molecule has 0 N–H and O–H groups in total. The molecule has 63 heavy (non-hydrogen) atoms. The van der Waals surface area contributed by atoms with E-state index >= 15 is 35.1 Å². The molecule has 4 aromatic heterocycles. The van der Waals surface area contributed by atoms with Crippen molar-refractivity contribution in [3.63, 3.8) is 0 Å². The number of nitrogens with zero attached hydrogens (tertiary/aromatic N) is 3. The van der Waals surface area contributed by atoms with Crippen LogP contribution in [0.25, 0.3) is 55.7 Å². The third-order valence-corrected chi connectivity index (χ3v) is 9.62. The van der Waals surface area contributed by atoms with Gasteiger partial charge in [-0.3, -0.25) is 0 Å². The molecule has 4 nitrogen and oxygen atoms in total. The maximum Gasteiger partial charge on any atom is 0.382 e. The summed E-state index contributed by atoms with van der Waals surface area (Å²) in [6.07, 6.45) is -2.34. The molecule has 13 heteroatoms. The van der Waals surface area contributed by atoms with Gasteiger partial charge in [0.1, 0.15) is 0 Å². The Morgan fingerprint density at radius 3 is 2.03 bits per heavy atom. The first-order valence-electron chi connectivity index (χ1n) is 25.4. The van der Waals surface area contributed by atoms with Crippen LogP contribution in [0.4, 0.5) is 35.1 Å². The van der Waals surface area contributed by atoms with Gasteiger partial charge in [-0.15, -0.1) is 53.6 Å². The van der Waals surface area contributed by atoms with Gasteiger partial charge in [0.25, 0.3) is 0 Å². The summed E-state index contributed by atoms with van der Waals surface area (Å²) >= 11 is 0. The van der Waals surface area contributed by atoms with Gasteiger partial charge in [0.05, 0.1) is 5.58 Å². The monoisotopic (exact) mass is 1060 g/mol. The summed E-state index contributed by atoms with van der Waals surface area (Å²) in [5.41, 5.74) is -11.3. The number of hydrogen-bond donors (Lipinski definition) is 0. The Morgan fingerprint density at radius 1 is 0.714 bits per heavy atom. The average Bonchev–Trinajstić information content (AvgIpc) is 3.67. The fraction of sp³-hybridized carbons (Fsp3) is 0.340. The van der Waals surface area contributed by atoms with Crippen LogP contribution >= 0.6 is 0 Å². The Hall–Kier alpha value is -5.00. The van der Waals surface area contributed by atoms with Crippen molar-refractivity contribution in [1.29, 1.82) is 0 Å². The predicted molar refractivity (Wildman–Crippen MR) is 226 cm³/mol. The second-order valence-corrected chi connectivity index (χ2v) is 16.7. The molecular weight excluding hydrogens is 1000 g/mol. The summed E-state index contributed by atoms with van der Waals surface area (Å²) in [6.45, 7) is 0.489. The van der Waals surface area contributed by atoms with Gasteiger partial charge >= 0.3 is 23.7 Å². The zero-order chi connectivity index (χ0) is 56.5. The van der Waals surface area contributed by atoms with Crippen LogP contribution in [-0.4, -0.2) is 26.8 Å². The summed E-state index contributed by atoms with van der Waals surface area (Å²) in [5.74, 6) is -25.9. The van der Waals surface area contributed by atoms with Crippen molar-refractivity contribution < 1.29 is 77.5 Å². The Labute approximate surface area is 393 Å². The van der Waals surface area contributed by atoms with Crippen molar-refractivity contribution in [2.75, 3.05) is 0 Å². The van der Waals surface area contributed by atoms with Crippen LogP contribution < -0.4 is 0 Å². The molecule has 0 spiro atoms. The van der Waals surface area contributed by atoms with Gasteiger partial charge in [-0.05, 0) is 94.7 Å². The minimum absolute atomic E-state index is 0. The van der Waals surface area contributed by atoms with Crippen molar-refractivity contribution in [1.82, 2.24) is 15.0 Å². The van der Waals surface area contributed by atoms with Crippen LogP contribution in [0.3, 0.4) is 0 Å². The maximum absolute atomic E-state index is 16.1. The second-order valence-electron chi connectivity index (χ2n) is 16.7. The van der Waals surface area contributed by atoms with Gasteiger partial charge in [0, 0.05) is 72.5 Å². The van der Waals surface area contributed by atoms with Crippen molar-refractivity contribution in [3.05, 3.63) is 136 Å². The number of furan rings is 1. The molecule has 8 rings (SSSR count). The van der Waals surface area contributed by atoms with Crippen LogP contribution in [0, 0.1) is 43.5 Å². The molecule has 1 aliphatic rings. The summed E-state index contributed by atoms with van der Waals surface area (Å²) < 4.78 is 233. The Bertz CT molecular complexity index is 3330. The molecule has 1 aliphatic carbocycles. The SMILES string of the molecule is [2H]C([2H])([2H])c1c[c-]c(-c2ccc(C([2H])([2H])C(C)(C)C)cn2)cc1.[2H]C([2H])([2H])c1ccc2c(n1)oc1c(-c3cc(-c4c(C([2H])([2H])[2H])cc(C([2H])([2H])C(C)(C)C)c5c4C(F)(F)C(F)(F)C(F)(F)C5(F)F)ccn3)[c-]ccc12.[Ir]. The molecule has 0 bridgehead atoms. The molecule has 4 heterocycles. The third kappa shape index (κ3) is 8.67. The van der Waals surface area contributed by atoms with Gasteiger partial charge < -0.3 is 14.4 Å². The first-order valence-corrected chi connectivity index (χ1v) is 18.9. The van der Waals surface area contributed by atoms with E-state index in [-0.39, 0.29) is 60.0 Å². The van der Waals surface area contributed by atoms with Gasteiger partial charge in [0.15, 0.2) is 0 Å². The van der Waals surface area contributed by atoms with Crippen molar-refractivity contribution in [2.24, 2.45) is 10.8 Å². The van der Waals surface area contributed by atoms with E-state index in [4.69, 9.17) is 22.2 Å². The predicted octanol–water partition coefficient (Wildman–Crippen LogP) is 14.6. The number of pyridine rings is 3. The van der Waals surface area contributed by atoms with Gasteiger partial charge in [-0.1, -0.05) is 83.6 Å². The summed E-state index contributed by atoms with van der Waals surface area (Å²) in [4.78, 5) is 12.5. The van der Waals surface area contributed by atoms with Crippen LogP contribution in [0.2, 0.25) is 0 Å². The number of rotatable bonds is 5. The van der Waals surface area contributed by atoms with Gasteiger partial charge in [-0.2, -0.15) is 35.1 Å². The van der Waals surface area contributed by atoms with E-state index in [9.17, 15) is 0 Å². The van der Waals surface area contributed by atoms with Crippen LogP contribution in [0.1, 0.15) is 98.4 Å². The molecular formula is C50H45F8IrN3O-2. The minimum Gasteiger partial charge on any atom is -0.486 e. The zero-order valence-corrected chi connectivity index (χ0v) is 36.6. The van der Waals surface area contributed by atoms with E-state index in [1.165, 1.54) is 36.5 Å². The molecule has 0 amide bonds. The third-order valence-electron chi connectivity index (χ3n) is 9.62. The van der Waals surface area contributed by atoms with E-state index < -0.39 is 101 Å². The molecule has 0 saturated carbocycles. The minimum atomic E-state index is -6.80.